The highest BCUT2D eigenvalue weighted by Gasteiger charge is 2.42. The normalized spacial score (nSPS) is 26.1. The Balaban J connectivity index is 1.29. The third-order valence-corrected chi connectivity index (χ3v) is 5.68. The van der Waals surface area contributed by atoms with E-state index in [1.54, 1.807) is 24.3 Å². The molecule has 4 nitrogen and oxygen atoms in total. The van der Waals surface area contributed by atoms with Crippen LogP contribution in [0.15, 0.2) is 42.5 Å². The molecule has 2 aromatic rings. The van der Waals surface area contributed by atoms with Crippen molar-refractivity contribution in [3.05, 3.63) is 59.7 Å². The number of hydrogen-bond acceptors (Lipinski definition) is 4. The minimum absolute atomic E-state index is 0.0517. The van der Waals surface area contributed by atoms with Crippen molar-refractivity contribution in [2.75, 3.05) is 19.6 Å². The summed E-state index contributed by atoms with van der Waals surface area (Å²) in [6.07, 6.45) is 1.04. The molecule has 1 heterocycles. The quantitative estimate of drug-likeness (QED) is 0.840. The van der Waals surface area contributed by atoms with Crippen LogP contribution in [0.25, 0.3) is 0 Å². The Labute approximate surface area is 157 Å². The zero-order chi connectivity index (χ0) is 19.0. The fourth-order valence-electron chi connectivity index (χ4n) is 4.38. The Kier molecular flexibility index (Phi) is 5.02. The number of aromatic hydroxyl groups is 1. The lowest BCUT2D eigenvalue weighted by Crippen LogP contribution is -2.29. The van der Waals surface area contributed by atoms with Crippen molar-refractivity contribution < 1.29 is 23.7 Å². The van der Waals surface area contributed by atoms with E-state index in [9.17, 15) is 19.0 Å². The maximum Gasteiger partial charge on any atom is 0.167 e. The van der Waals surface area contributed by atoms with Crippen molar-refractivity contribution in [3.8, 4) is 11.5 Å². The number of rotatable bonds is 5. The average Bonchev–Trinajstić information content (AvgIpc) is 3.15. The Morgan fingerprint density at radius 1 is 1.04 bits per heavy atom. The van der Waals surface area contributed by atoms with Crippen LogP contribution in [0.4, 0.5) is 8.78 Å². The van der Waals surface area contributed by atoms with Gasteiger partial charge in [0.1, 0.15) is 11.6 Å². The standard InChI is InChI=1S/C21H23F2NO3/c22-16-3-6-21(19(23)9-16)27-18-7-14-10-24(11-15(14)8-18)12-20(26)13-1-4-17(25)5-2-13/h1-6,9,14-15,18,20,25-26H,7-8,10-12H2/t14-,15+,18+,20?. The van der Waals surface area contributed by atoms with E-state index in [0.717, 1.165) is 37.6 Å². The lowest BCUT2D eigenvalue weighted by atomic mass is 10.0. The second kappa shape index (κ2) is 7.44. The number of β-amino-alcohol motifs (C(OH)–C–C–N with tert-alkyl or cyclic N) is 1. The number of ether oxygens (including phenoxy) is 1. The fraction of sp³-hybridized carbons (Fsp3) is 0.429. The van der Waals surface area contributed by atoms with Crippen LogP contribution < -0.4 is 4.74 Å². The summed E-state index contributed by atoms with van der Waals surface area (Å²) in [7, 11) is 0. The van der Waals surface area contributed by atoms with Gasteiger partial charge in [-0.05, 0) is 54.5 Å². The number of benzene rings is 2. The molecule has 27 heavy (non-hydrogen) atoms. The second-order valence-corrected chi connectivity index (χ2v) is 7.63. The summed E-state index contributed by atoms with van der Waals surface area (Å²) in [6.45, 7) is 2.31. The predicted molar refractivity (Wildman–Crippen MR) is 96.5 cm³/mol. The predicted octanol–water partition coefficient (Wildman–Crippen LogP) is 3.49. The molecule has 1 unspecified atom stereocenters. The Morgan fingerprint density at radius 2 is 1.70 bits per heavy atom. The Bertz CT molecular complexity index is 785. The number of fused-ring (bicyclic) bond motifs is 1. The van der Waals surface area contributed by atoms with Crippen molar-refractivity contribution in [2.45, 2.75) is 25.0 Å². The summed E-state index contributed by atoms with van der Waals surface area (Å²) in [5.41, 5.74) is 0.790. The van der Waals surface area contributed by atoms with Crippen LogP contribution in [-0.4, -0.2) is 40.9 Å². The molecule has 0 amide bonds. The van der Waals surface area contributed by atoms with Crippen LogP contribution in [0.5, 0.6) is 11.5 Å². The molecule has 1 saturated heterocycles. The molecule has 2 aromatic carbocycles. The first-order chi connectivity index (χ1) is 13.0. The molecule has 0 spiro atoms. The fourth-order valence-corrected chi connectivity index (χ4v) is 4.38. The first kappa shape index (κ1) is 18.2. The lowest BCUT2D eigenvalue weighted by Gasteiger charge is -2.22. The maximum atomic E-state index is 13.8. The van der Waals surface area contributed by atoms with E-state index in [1.807, 2.05) is 0 Å². The number of phenolic OH excluding ortho intramolecular Hbond substituents is 1. The SMILES string of the molecule is Oc1ccc(C(O)CN2C[C@H]3C[C@H](Oc4ccc(F)cc4F)C[C@H]3C2)cc1. The van der Waals surface area contributed by atoms with Crippen molar-refractivity contribution in [2.24, 2.45) is 11.8 Å². The zero-order valence-corrected chi connectivity index (χ0v) is 14.9. The van der Waals surface area contributed by atoms with Gasteiger partial charge in [0.25, 0.3) is 0 Å². The molecular weight excluding hydrogens is 352 g/mol. The molecule has 0 radical (unpaired) electrons. The monoisotopic (exact) mass is 375 g/mol. The van der Waals surface area contributed by atoms with Gasteiger partial charge in [0.15, 0.2) is 11.6 Å². The third-order valence-electron chi connectivity index (χ3n) is 5.68. The summed E-state index contributed by atoms with van der Waals surface area (Å²) in [5, 5.41) is 19.8. The van der Waals surface area contributed by atoms with Crippen molar-refractivity contribution in [1.82, 2.24) is 4.90 Å². The first-order valence-electron chi connectivity index (χ1n) is 9.29. The number of phenols is 1. The van der Waals surface area contributed by atoms with E-state index in [1.165, 1.54) is 12.1 Å². The highest BCUT2D eigenvalue weighted by Crippen LogP contribution is 2.40. The van der Waals surface area contributed by atoms with Crippen molar-refractivity contribution >= 4 is 0 Å². The molecule has 6 heteroatoms. The molecule has 1 saturated carbocycles. The zero-order valence-electron chi connectivity index (χ0n) is 14.9. The van der Waals surface area contributed by atoms with Gasteiger partial charge >= 0.3 is 0 Å². The summed E-state index contributed by atoms with van der Waals surface area (Å²) in [4.78, 5) is 2.25. The van der Waals surface area contributed by atoms with Gasteiger partial charge in [0, 0.05) is 25.7 Å². The lowest BCUT2D eigenvalue weighted by molar-refractivity contribution is 0.115. The molecule has 144 valence electrons. The molecule has 1 aliphatic heterocycles. The van der Waals surface area contributed by atoms with Gasteiger partial charge in [-0.15, -0.1) is 0 Å². The molecule has 2 fully saturated rings. The number of likely N-dealkylation sites (tertiary alicyclic amines) is 1. The number of halogens is 2. The van der Waals surface area contributed by atoms with E-state index in [4.69, 9.17) is 4.74 Å². The summed E-state index contributed by atoms with van der Waals surface area (Å²) >= 11 is 0. The molecule has 2 aliphatic rings. The smallest absolute Gasteiger partial charge is 0.167 e. The number of nitrogens with zero attached hydrogens (tertiary/aromatic N) is 1. The average molecular weight is 375 g/mol. The van der Waals surface area contributed by atoms with Gasteiger partial charge in [0.2, 0.25) is 0 Å². The van der Waals surface area contributed by atoms with Crippen LogP contribution in [0.1, 0.15) is 24.5 Å². The van der Waals surface area contributed by atoms with Crippen LogP contribution in [0.3, 0.4) is 0 Å². The second-order valence-electron chi connectivity index (χ2n) is 7.63. The van der Waals surface area contributed by atoms with Gasteiger partial charge in [-0.25, -0.2) is 8.78 Å². The molecular formula is C21H23F2NO3. The number of aliphatic hydroxyl groups is 1. The van der Waals surface area contributed by atoms with Crippen LogP contribution in [-0.2, 0) is 0 Å². The summed E-state index contributed by atoms with van der Waals surface area (Å²) < 4.78 is 32.5. The molecule has 2 N–H and O–H groups in total. The minimum atomic E-state index is -0.661. The molecule has 0 aromatic heterocycles. The highest BCUT2D eigenvalue weighted by molar-refractivity contribution is 5.27. The van der Waals surface area contributed by atoms with Crippen molar-refractivity contribution in [1.29, 1.82) is 0 Å². The molecule has 0 bridgehead atoms. The molecule has 4 rings (SSSR count). The third kappa shape index (κ3) is 4.06. The van der Waals surface area contributed by atoms with Gasteiger partial charge in [-0.2, -0.15) is 0 Å². The highest BCUT2D eigenvalue weighted by atomic mass is 19.1. The van der Waals surface area contributed by atoms with Crippen LogP contribution in [0, 0.1) is 23.5 Å². The number of aliphatic hydroxyl groups excluding tert-OH is 1. The van der Waals surface area contributed by atoms with Crippen LogP contribution in [0.2, 0.25) is 0 Å². The van der Waals surface area contributed by atoms with Gasteiger partial charge in [0.05, 0.1) is 12.2 Å². The van der Waals surface area contributed by atoms with E-state index >= 15 is 0 Å². The number of hydrogen-bond donors (Lipinski definition) is 2. The Morgan fingerprint density at radius 3 is 2.33 bits per heavy atom. The first-order valence-corrected chi connectivity index (χ1v) is 9.29. The Hall–Kier alpha value is -2.18. The van der Waals surface area contributed by atoms with Gasteiger partial charge in [-0.1, -0.05) is 12.1 Å². The van der Waals surface area contributed by atoms with E-state index in [-0.39, 0.29) is 17.6 Å². The molecule has 1 aliphatic carbocycles. The van der Waals surface area contributed by atoms with E-state index in [0.29, 0.717) is 18.4 Å². The van der Waals surface area contributed by atoms with E-state index in [2.05, 4.69) is 4.90 Å². The van der Waals surface area contributed by atoms with Crippen LogP contribution >= 0.6 is 0 Å². The summed E-state index contributed by atoms with van der Waals surface area (Å²) in [5.74, 6) is -0.0426. The molecule has 4 atom stereocenters. The van der Waals surface area contributed by atoms with Crippen molar-refractivity contribution in [3.63, 3.8) is 0 Å². The van der Waals surface area contributed by atoms with Gasteiger partial charge in [-0.3, -0.25) is 4.90 Å². The largest absolute Gasteiger partial charge is 0.508 e. The van der Waals surface area contributed by atoms with Gasteiger partial charge < -0.3 is 14.9 Å². The van der Waals surface area contributed by atoms with E-state index < -0.39 is 17.7 Å². The maximum absolute atomic E-state index is 13.8. The topological polar surface area (TPSA) is 52.9 Å². The minimum Gasteiger partial charge on any atom is -0.508 e. The summed E-state index contributed by atoms with van der Waals surface area (Å²) in [6, 6.07) is 10.0.